The average molecular weight is 963 g/mol. The van der Waals surface area contributed by atoms with Gasteiger partial charge in [-0.3, -0.25) is 9.59 Å². The summed E-state index contributed by atoms with van der Waals surface area (Å²) < 4.78 is 22.4. The van der Waals surface area contributed by atoms with Gasteiger partial charge in [0.1, 0.15) is 6.10 Å². The third-order valence-corrected chi connectivity index (χ3v) is 11.3. The van der Waals surface area contributed by atoms with Gasteiger partial charge in [0.15, 0.2) is 0 Å². The van der Waals surface area contributed by atoms with E-state index in [0.717, 1.165) is 135 Å². The fourth-order valence-corrected chi connectivity index (χ4v) is 7.05. The van der Waals surface area contributed by atoms with Gasteiger partial charge < -0.3 is 29.2 Å². The van der Waals surface area contributed by atoms with E-state index in [1.54, 1.807) is 0 Å². The highest BCUT2D eigenvalue weighted by molar-refractivity contribution is 5.69. The molecule has 0 aliphatic rings. The zero-order chi connectivity index (χ0) is 50.2. The zero-order valence-corrected chi connectivity index (χ0v) is 44.6. The minimum Gasteiger partial charge on any atom is -0.466 e. The molecule has 9 heteroatoms. The smallest absolute Gasteiger partial charge is 0.407 e. The van der Waals surface area contributed by atoms with Crippen LogP contribution in [0.1, 0.15) is 206 Å². The third-order valence-electron chi connectivity index (χ3n) is 11.3. The van der Waals surface area contributed by atoms with Gasteiger partial charge in [0.05, 0.1) is 26.4 Å². The number of likely N-dealkylation sites (N-methyl/N-ethyl adjacent to an activating group) is 1. The lowest BCUT2D eigenvalue weighted by molar-refractivity contribution is -0.144. The Balaban J connectivity index is 4.21. The molecule has 0 aliphatic heterocycles. The number of allylic oxidation sites excluding steroid dienone is 16. The first kappa shape index (κ1) is 65.0. The molecule has 0 bridgehead atoms. The quantitative estimate of drug-likeness (QED) is 0.0278. The van der Waals surface area contributed by atoms with E-state index in [4.69, 9.17) is 18.9 Å². The maximum atomic E-state index is 12.6. The first-order valence-corrected chi connectivity index (χ1v) is 27.6. The first-order valence-electron chi connectivity index (χ1n) is 27.6. The molecule has 0 unspecified atom stereocenters. The van der Waals surface area contributed by atoms with Crippen molar-refractivity contribution in [2.75, 3.05) is 53.6 Å². The molecule has 69 heavy (non-hydrogen) atoms. The number of hydrogen-bond acceptors (Lipinski definition) is 8. The highest BCUT2D eigenvalue weighted by atomic mass is 16.6. The molecular weight excluding hydrogens is 861 g/mol. The molecule has 0 spiro atoms. The van der Waals surface area contributed by atoms with Crippen LogP contribution in [0.5, 0.6) is 0 Å². The fraction of sp³-hybridized carbons (Fsp3) is 0.683. The number of carbonyl (C=O) groups excluding carboxylic acids is 3. The van der Waals surface area contributed by atoms with Crippen molar-refractivity contribution in [3.05, 3.63) is 97.2 Å². The molecule has 0 atom stereocenters. The molecule has 1 amide bonds. The largest absolute Gasteiger partial charge is 0.466 e. The normalized spacial score (nSPS) is 12.4. The summed E-state index contributed by atoms with van der Waals surface area (Å²) in [5.41, 5.74) is 0. The van der Waals surface area contributed by atoms with Crippen molar-refractivity contribution in [3.63, 3.8) is 0 Å². The molecule has 0 aromatic heterocycles. The third kappa shape index (κ3) is 54.9. The minimum atomic E-state index is -0.402. The van der Waals surface area contributed by atoms with Gasteiger partial charge in [-0.1, -0.05) is 162 Å². The molecule has 1 N–H and O–H groups in total. The fourth-order valence-electron chi connectivity index (χ4n) is 7.05. The highest BCUT2D eigenvalue weighted by Crippen LogP contribution is 2.16. The van der Waals surface area contributed by atoms with Gasteiger partial charge in [-0.15, -0.1) is 0 Å². The van der Waals surface area contributed by atoms with Crippen LogP contribution >= 0.6 is 0 Å². The molecule has 0 aromatic rings. The van der Waals surface area contributed by atoms with Crippen LogP contribution in [0.15, 0.2) is 97.2 Å². The Morgan fingerprint density at radius 2 is 0.812 bits per heavy atom. The van der Waals surface area contributed by atoms with Crippen LogP contribution in [0.4, 0.5) is 4.79 Å². The standard InChI is InChI=1S/C60H102N2O7/c1-5-7-9-11-13-15-17-19-21-23-25-27-29-31-33-35-43-49-58(63)67-53-45-39-37-41-47-57(69-60(65)61-51-55-66-56-52-62(3)4)48-42-38-40-46-54-68-59(64)50-44-36-34-32-30-28-26-24-22-20-18-16-14-12-10-8-6-2/h13-16,19-22,25-28,31-34,57H,5-12,17-18,23-24,29-30,35-56H2,1-4H3,(H,61,65)/b15-13-,16-14-,21-19-,22-20-,27-25-,28-26-,33-31-,34-32-. The van der Waals surface area contributed by atoms with Crippen molar-refractivity contribution in [1.82, 2.24) is 10.2 Å². The number of rotatable bonds is 49. The summed E-state index contributed by atoms with van der Waals surface area (Å²) >= 11 is 0. The number of amides is 1. The number of ether oxygens (including phenoxy) is 4. The van der Waals surface area contributed by atoms with Gasteiger partial charge in [0, 0.05) is 25.9 Å². The number of esters is 2. The summed E-state index contributed by atoms with van der Waals surface area (Å²) in [4.78, 5) is 39.1. The van der Waals surface area contributed by atoms with Crippen molar-refractivity contribution in [3.8, 4) is 0 Å². The van der Waals surface area contributed by atoms with E-state index >= 15 is 0 Å². The molecule has 0 rings (SSSR count). The summed E-state index contributed by atoms with van der Waals surface area (Å²) in [6.45, 7) is 7.67. The van der Waals surface area contributed by atoms with Crippen LogP contribution < -0.4 is 5.32 Å². The Morgan fingerprint density at radius 3 is 1.20 bits per heavy atom. The lowest BCUT2D eigenvalue weighted by atomic mass is 10.0. The molecule has 0 fully saturated rings. The Labute approximate surface area is 423 Å². The molecule has 0 saturated carbocycles. The molecule has 9 nitrogen and oxygen atoms in total. The summed E-state index contributed by atoms with van der Waals surface area (Å²) in [6, 6.07) is 0. The number of nitrogens with one attached hydrogen (secondary N) is 1. The summed E-state index contributed by atoms with van der Waals surface area (Å²) in [6.07, 6.45) is 64.0. The van der Waals surface area contributed by atoms with Crippen LogP contribution in [0.3, 0.4) is 0 Å². The van der Waals surface area contributed by atoms with Crippen LogP contribution in [-0.4, -0.2) is 82.6 Å². The van der Waals surface area contributed by atoms with E-state index in [0.29, 0.717) is 45.8 Å². The maximum Gasteiger partial charge on any atom is 0.407 e. The van der Waals surface area contributed by atoms with Crippen molar-refractivity contribution >= 4 is 18.0 Å². The van der Waals surface area contributed by atoms with Crippen molar-refractivity contribution in [1.29, 1.82) is 0 Å². The van der Waals surface area contributed by atoms with Gasteiger partial charge in [-0.25, -0.2) is 4.79 Å². The molecule has 0 radical (unpaired) electrons. The Hall–Kier alpha value is -3.95. The predicted molar refractivity (Wildman–Crippen MR) is 293 cm³/mol. The second-order valence-corrected chi connectivity index (χ2v) is 18.2. The topological polar surface area (TPSA) is 103 Å². The van der Waals surface area contributed by atoms with Gasteiger partial charge in [0.25, 0.3) is 0 Å². The van der Waals surface area contributed by atoms with Crippen LogP contribution in [0.25, 0.3) is 0 Å². The summed E-state index contributed by atoms with van der Waals surface area (Å²) in [5.74, 6) is -0.249. The number of unbranched alkanes of at least 4 members (excludes halogenated alkanes) is 14. The zero-order valence-electron chi connectivity index (χ0n) is 44.6. The summed E-state index contributed by atoms with van der Waals surface area (Å²) in [7, 11) is 4.00. The number of hydrogen-bond donors (Lipinski definition) is 1. The lowest BCUT2D eigenvalue weighted by Gasteiger charge is -2.18. The van der Waals surface area contributed by atoms with Gasteiger partial charge in [-0.05, 0) is 143 Å². The van der Waals surface area contributed by atoms with Crippen LogP contribution in [0.2, 0.25) is 0 Å². The number of alkyl carbamates (subject to hydrolysis) is 1. The van der Waals surface area contributed by atoms with Gasteiger partial charge >= 0.3 is 18.0 Å². The Morgan fingerprint density at radius 1 is 0.435 bits per heavy atom. The lowest BCUT2D eigenvalue weighted by Crippen LogP contribution is -2.32. The second-order valence-electron chi connectivity index (χ2n) is 18.2. The first-order chi connectivity index (χ1) is 33.9. The summed E-state index contributed by atoms with van der Waals surface area (Å²) in [5, 5.41) is 2.83. The van der Waals surface area contributed by atoms with Crippen LogP contribution in [-0.2, 0) is 28.5 Å². The molecule has 0 aromatic carbocycles. The Kier molecular flexibility index (Phi) is 51.8. The Bertz CT molecular complexity index is 1320. The molecule has 0 aliphatic carbocycles. The van der Waals surface area contributed by atoms with Crippen LogP contribution in [0, 0.1) is 0 Å². The van der Waals surface area contributed by atoms with E-state index < -0.39 is 6.09 Å². The minimum absolute atomic E-state index is 0.124. The molecular formula is C60H102N2O7. The second kappa shape index (κ2) is 55.0. The monoisotopic (exact) mass is 963 g/mol. The number of carbonyl (C=O) groups is 3. The maximum absolute atomic E-state index is 12.6. The average Bonchev–Trinajstić information content (AvgIpc) is 3.33. The van der Waals surface area contributed by atoms with Gasteiger partial charge in [-0.2, -0.15) is 0 Å². The van der Waals surface area contributed by atoms with Crippen molar-refractivity contribution in [2.45, 2.75) is 213 Å². The SMILES string of the molecule is CCCCC/C=C\C/C=C\C/C=C\C/C=C\CCCC(=O)OCCCCCCC(CCCCCCOC(=O)CCC/C=C\C/C=C\C/C=C\C/C=C\CCCCC)OC(=O)NCCOCCN(C)C. The highest BCUT2D eigenvalue weighted by Gasteiger charge is 2.14. The van der Waals surface area contributed by atoms with E-state index in [2.05, 4.69) is 121 Å². The van der Waals surface area contributed by atoms with E-state index in [9.17, 15) is 14.4 Å². The van der Waals surface area contributed by atoms with E-state index in [1.807, 2.05) is 14.1 Å². The molecule has 394 valence electrons. The van der Waals surface area contributed by atoms with Crippen molar-refractivity contribution in [2.24, 2.45) is 0 Å². The van der Waals surface area contributed by atoms with E-state index in [-0.39, 0.29) is 18.0 Å². The number of nitrogens with zero attached hydrogens (tertiary/aromatic N) is 1. The predicted octanol–water partition coefficient (Wildman–Crippen LogP) is 15.9. The van der Waals surface area contributed by atoms with Gasteiger partial charge in [0.2, 0.25) is 0 Å². The van der Waals surface area contributed by atoms with Crippen molar-refractivity contribution < 1.29 is 33.3 Å². The molecule has 0 saturated heterocycles. The van der Waals surface area contributed by atoms with E-state index in [1.165, 1.54) is 51.4 Å². The molecule has 0 heterocycles.